The van der Waals surface area contributed by atoms with Crippen LogP contribution in [-0.4, -0.2) is 31.3 Å². The van der Waals surface area contributed by atoms with Crippen LogP contribution in [0.25, 0.3) is 10.1 Å². The van der Waals surface area contributed by atoms with Gasteiger partial charge >= 0.3 is 0 Å². The first kappa shape index (κ1) is 12.3. The van der Waals surface area contributed by atoms with Gasteiger partial charge in [-0.25, -0.2) is 4.98 Å². The largest absolute Gasteiger partial charge is 0.383 e. The highest BCUT2D eigenvalue weighted by Gasteiger charge is 2.04. The summed E-state index contributed by atoms with van der Waals surface area (Å²) < 4.78 is 6.25. The Bertz CT molecular complexity index is 471. The average Bonchev–Trinajstić information content (AvgIpc) is 2.78. The Morgan fingerprint density at radius 1 is 1.53 bits per heavy atom. The summed E-state index contributed by atoms with van der Waals surface area (Å²) in [6.45, 7) is 1.41. The Morgan fingerprint density at radius 2 is 2.41 bits per heavy atom. The van der Waals surface area contributed by atoms with Gasteiger partial charge in [0.05, 0.1) is 6.61 Å². The van der Waals surface area contributed by atoms with Crippen molar-refractivity contribution in [1.82, 2.24) is 4.98 Å². The standard InChI is InChI=1S/C12H17N3OS/c1-16-8-9(13)2-5-14-12-10-4-7-17-11(10)3-6-15-12/h3-4,6-7,9H,2,5,8,13H2,1H3,(H,14,15). The lowest BCUT2D eigenvalue weighted by molar-refractivity contribution is 0.178. The summed E-state index contributed by atoms with van der Waals surface area (Å²) in [5.74, 6) is 0.938. The van der Waals surface area contributed by atoms with Gasteiger partial charge in [0.2, 0.25) is 0 Å². The molecule has 0 aromatic carbocycles. The number of anilines is 1. The first-order valence-electron chi connectivity index (χ1n) is 5.62. The van der Waals surface area contributed by atoms with Gasteiger partial charge in [0.1, 0.15) is 5.82 Å². The van der Waals surface area contributed by atoms with E-state index in [1.165, 1.54) is 10.1 Å². The number of ether oxygens (including phenoxy) is 1. The molecule has 2 aromatic rings. The Morgan fingerprint density at radius 3 is 3.24 bits per heavy atom. The van der Waals surface area contributed by atoms with Crippen LogP contribution in [0.4, 0.5) is 5.82 Å². The van der Waals surface area contributed by atoms with Crippen molar-refractivity contribution in [3.63, 3.8) is 0 Å². The minimum absolute atomic E-state index is 0.0779. The van der Waals surface area contributed by atoms with E-state index in [1.54, 1.807) is 18.4 Å². The molecule has 0 radical (unpaired) electrons. The molecule has 0 aliphatic heterocycles. The van der Waals surface area contributed by atoms with Crippen LogP contribution >= 0.6 is 11.3 Å². The number of pyridine rings is 1. The summed E-state index contributed by atoms with van der Waals surface area (Å²) in [5.41, 5.74) is 5.86. The number of hydrogen-bond donors (Lipinski definition) is 2. The van der Waals surface area contributed by atoms with Crippen molar-refractivity contribution in [3.05, 3.63) is 23.7 Å². The SMILES string of the molecule is COCC(N)CCNc1nccc2sccc12. The number of nitrogens with two attached hydrogens (primary N) is 1. The fourth-order valence-corrected chi connectivity index (χ4v) is 2.49. The molecule has 0 bridgehead atoms. The van der Waals surface area contributed by atoms with Crippen LogP contribution in [0.1, 0.15) is 6.42 Å². The highest BCUT2D eigenvalue weighted by Crippen LogP contribution is 2.25. The average molecular weight is 251 g/mol. The highest BCUT2D eigenvalue weighted by molar-refractivity contribution is 7.17. The topological polar surface area (TPSA) is 60.2 Å². The van der Waals surface area contributed by atoms with Gasteiger partial charge in [0.25, 0.3) is 0 Å². The summed E-state index contributed by atoms with van der Waals surface area (Å²) in [6.07, 6.45) is 2.70. The molecule has 0 saturated carbocycles. The molecule has 0 saturated heterocycles. The second-order valence-electron chi connectivity index (χ2n) is 3.92. The van der Waals surface area contributed by atoms with Crippen LogP contribution in [0.3, 0.4) is 0 Å². The molecule has 2 heterocycles. The van der Waals surface area contributed by atoms with E-state index in [4.69, 9.17) is 10.5 Å². The van der Waals surface area contributed by atoms with Crippen molar-refractivity contribution in [2.75, 3.05) is 25.6 Å². The molecular formula is C12H17N3OS. The first-order chi connectivity index (χ1) is 8.31. The van der Waals surface area contributed by atoms with Gasteiger partial charge in [0.15, 0.2) is 0 Å². The van der Waals surface area contributed by atoms with E-state index in [9.17, 15) is 0 Å². The maximum atomic E-state index is 5.86. The number of aromatic nitrogens is 1. The Hall–Kier alpha value is -1.17. The minimum atomic E-state index is 0.0779. The Balaban J connectivity index is 1.92. The summed E-state index contributed by atoms with van der Waals surface area (Å²) in [4.78, 5) is 4.35. The number of methoxy groups -OCH3 is 1. The first-order valence-corrected chi connectivity index (χ1v) is 6.50. The molecule has 0 spiro atoms. The Labute approximate surface area is 105 Å². The van der Waals surface area contributed by atoms with Crippen molar-refractivity contribution in [2.45, 2.75) is 12.5 Å². The van der Waals surface area contributed by atoms with E-state index in [0.717, 1.165) is 18.8 Å². The predicted molar refractivity (Wildman–Crippen MR) is 72.6 cm³/mol. The van der Waals surface area contributed by atoms with Gasteiger partial charge in [-0.2, -0.15) is 0 Å². The molecule has 4 nitrogen and oxygen atoms in total. The third-order valence-corrected chi connectivity index (χ3v) is 3.45. The smallest absolute Gasteiger partial charge is 0.134 e. The number of rotatable bonds is 6. The number of nitrogens with one attached hydrogen (secondary N) is 1. The van der Waals surface area contributed by atoms with E-state index < -0.39 is 0 Å². The normalized spacial score (nSPS) is 12.8. The van der Waals surface area contributed by atoms with Gasteiger partial charge in [0, 0.05) is 36.0 Å². The number of nitrogens with zero attached hydrogens (tertiary/aromatic N) is 1. The number of thiophene rings is 1. The maximum Gasteiger partial charge on any atom is 0.134 e. The second kappa shape index (κ2) is 5.95. The molecule has 1 atom stereocenters. The van der Waals surface area contributed by atoms with E-state index in [2.05, 4.69) is 21.7 Å². The number of fused-ring (bicyclic) bond motifs is 1. The minimum Gasteiger partial charge on any atom is -0.383 e. The zero-order valence-electron chi connectivity index (χ0n) is 9.85. The lowest BCUT2D eigenvalue weighted by Gasteiger charge is -2.11. The van der Waals surface area contributed by atoms with Crippen molar-refractivity contribution in [2.24, 2.45) is 5.73 Å². The highest BCUT2D eigenvalue weighted by atomic mass is 32.1. The monoisotopic (exact) mass is 251 g/mol. The van der Waals surface area contributed by atoms with Gasteiger partial charge in [-0.15, -0.1) is 11.3 Å². The van der Waals surface area contributed by atoms with Crippen LogP contribution in [-0.2, 0) is 4.74 Å². The molecule has 92 valence electrons. The quantitative estimate of drug-likeness (QED) is 0.825. The van der Waals surface area contributed by atoms with Gasteiger partial charge < -0.3 is 15.8 Å². The van der Waals surface area contributed by atoms with Crippen LogP contribution in [0.2, 0.25) is 0 Å². The van der Waals surface area contributed by atoms with Gasteiger partial charge in [-0.05, 0) is 23.9 Å². The zero-order chi connectivity index (χ0) is 12.1. The van der Waals surface area contributed by atoms with Gasteiger partial charge in [-0.3, -0.25) is 0 Å². The molecule has 5 heteroatoms. The summed E-state index contributed by atoms with van der Waals surface area (Å²) in [5, 5.41) is 6.58. The van der Waals surface area contributed by atoms with Crippen molar-refractivity contribution < 1.29 is 4.74 Å². The molecule has 0 aliphatic rings. The summed E-state index contributed by atoms with van der Waals surface area (Å²) in [7, 11) is 1.67. The molecule has 0 amide bonds. The fourth-order valence-electron chi connectivity index (χ4n) is 1.71. The van der Waals surface area contributed by atoms with Crippen LogP contribution < -0.4 is 11.1 Å². The van der Waals surface area contributed by atoms with Crippen molar-refractivity contribution in [3.8, 4) is 0 Å². The summed E-state index contributed by atoms with van der Waals surface area (Å²) >= 11 is 1.72. The van der Waals surface area contributed by atoms with E-state index in [0.29, 0.717) is 6.61 Å². The van der Waals surface area contributed by atoms with Crippen LogP contribution in [0, 0.1) is 0 Å². The summed E-state index contributed by atoms with van der Waals surface area (Å²) in [6, 6.07) is 4.20. The predicted octanol–water partition coefficient (Wildman–Crippen LogP) is 2.07. The molecule has 1 unspecified atom stereocenters. The second-order valence-corrected chi connectivity index (χ2v) is 4.87. The third-order valence-electron chi connectivity index (χ3n) is 2.57. The third kappa shape index (κ3) is 3.15. The zero-order valence-corrected chi connectivity index (χ0v) is 10.7. The van der Waals surface area contributed by atoms with E-state index in [1.807, 2.05) is 12.3 Å². The maximum absolute atomic E-state index is 5.86. The van der Waals surface area contributed by atoms with Crippen molar-refractivity contribution in [1.29, 1.82) is 0 Å². The van der Waals surface area contributed by atoms with E-state index >= 15 is 0 Å². The molecule has 2 rings (SSSR count). The fraction of sp³-hybridized carbons (Fsp3) is 0.417. The van der Waals surface area contributed by atoms with E-state index in [-0.39, 0.29) is 6.04 Å². The molecule has 2 aromatic heterocycles. The molecule has 0 fully saturated rings. The lowest BCUT2D eigenvalue weighted by Crippen LogP contribution is -2.28. The van der Waals surface area contributed by atoms with Crippen molar-refractivity contribution >= 4 is 27.2 Å². The van der Waals surface area contributed by atoms with Crippen LogP contribution in [0.15, 0.2) is 23.7 Å². The molecule has 0 aliphatic carbocycles. The lowest BCUT2D eigenvalue weighted by atomic mass is 10.2. The van der Waals surface area contributed by atoms with Gasteiger partial charge in [-0.1, -0.05) is 0 Å². The van der Waals surface area contributed by atoms with Crippen LogP contribution in [0.5, 0.6) is 0 Å². The Kier molecular flexibility index (Phi) is 4.30. The molecule has 17 heavy (non-hydrogen) atoms. The number of hydrogen-bond acceptors (Lipinski definition) is 5. The molecular weight excluding hydrogens is 234 g/mol. The molecule has 3 N–H and O–H groups in total.